The zero-order valence-electron chi connectivity index (χ0n) is 18.9. The highest BCUT2D eigenvalue weighted by Crippen LogP contribution is 2.26. The number of phenolic OH excluding ortho intramolecular Hbond substituents is 1. The van der Waals surface area contributed by atoms with E-state index < -0.39 is 12.2 Å². The quantitative estimate of drug-likeness (QED) is 0.479. The van der Waals surface area contributed by atoms with Crippen LogP contribution in [0.3, 0.4) is 0 Å². The lowest BCUT2D eigenvalue weighted by Crippen LogP contribution is -2.60. The van der Waals surface area contributed by atoms with Crippen LogP contribution in [-0.4, -0.2) is 57.9 Å². The Morgan fingerprint density at radius 2 is 1.91 bits per heavy atom. The molecule has 9 heteroatoms. The molecule has 0 bridgehead atoms. The first-order valence-electron chi connectivity index (χ1n) is 11.3. The van der Waals surface area contributed by atoms with Gasteiger partial charge in [-0.15, -0.1) is 0 Å². The van der Waals surface area contributed by atoms with E-state index in [0.29, 0.717) is 25.6 Å². The second kappa shape index (κ2) is 10.4. The number of phenols is 1. The van der Waals surface area contributed by atoms with Crippen molar-refractivity contribution in [2.24, 2.45) is 0 Å². The first kappa shape index (κ1) is 24.0. The van der Waals surface area contributed by atoms with Gasteiger partial charge in [0.15, 0.2) is 0 Å². The number of aromatic nitrogens is 2. The van der Waals surface area contributed by atoms with Gasteiger partial charge in [0, 0.05) is 44.0 Å². The molecule has 1 fully saturated rings. The number of nitrogens with zero attached hydrogens (tertiary/aromatic N) is 3. The molecule has 1 aliphatic rings. The van der Waals surface area contributed by atoms with E-state index in [4.69, 9.17) is 0 Å². The average molecular weight is 472 g/mol. The number of rotatable bonds is 7. The van der Waals surface area contributed by atoms with Crippen LogP contribution in [0.2, 0.25) is 0 Å². The van der Waals surface area contributed by atoms with Crippen molar-refractivity contribution in [1.29, 1.82) is 0 Å². The van der Waals surface area contributed by atoms with E-state index in [9.17, 15) is 18.3 Å². The fourth-order valence-corrected chi connectivity index (χ4v) is 4.01. The zero-order valence-corrected chi connectivity index (χ0v) is 18.9. The van der Waals surface area contributed by atoms with Gasteiger partial charge in [-0.3, -0.25) is 4.90 Å². The maximum Gasteiger partial charge on any atom is 0.405 e. The van der Waals surface area contributed by atoms with Crippen LogP contribution in [0, 0.1) is 0 Å². The number of anilines is 1. The molecule has 4 rings (SSSR count). The van der Waals surface area contributed by atoms with Gasteiger partial charge in [0.25, 0.3) is 0 Å². The molecular weight excluding hydrogens is 443 g/mol. The normalized spacial score (nSPS) is 19.2. The summed E-state index contributed by atoms with van der Waals surface area (Å²) < 4.78 is 39.6. The maximum atomic E-state index is 13.2. The largest absolute Gasteiger partial charge is 0.508 e. The van der Waals surface area contributed by atoms with Crippen molar-refractivity contribution in [3.8, 4) is 17.0 Å². The van der Waals surface area contributed by atoms with Crippen molar-refractivity contribution in [3.63, 3.8) is 0 Å². The number of benzene rings is 2. The molecule has 2 atom stereocenters. The van der Waals surface area contributed by atoms with Crippen LogP contribution in [0.1, 0.15) is 18.1 Å². The highest BCUT2D eigenvalue weighted by Gasteiger charge is 2.43. The van der Waals surface area contributed by atoms with Gasteiger partial charge >= 0.3 is 6.18 Å². The van der Waals surface area contributed by atoms with Gasteiger partial charge in [-0.25, -0.2) is 9.97 Å². The first-order valence-corrected chi connectivity index (χ1v) is 11.3. The molecule has 1 saturated heterocycles. The minimum atomic E-state index is -4.26. The number of piperazine rings is 1. The van der Waals surface area contributed by atoms with Gasteiger partial charge in [0.2, 0.25) is 5.95 Å². The van der Waals surface area contributed by atoms with Gasteiger partial charge in [-0.1, -0.05) is 30.3 Å². The number of halogens is 3. The summed E-state index contributed by atoms with van der Waals surface area (Å²) >= 11 is 0. The van der Waals surface area contributed by atoms with Crippen molar-refractivity contribution >= 4 is 5.95 Å². The molecule has 0 spiro atoms. The third-order valence-electron chi connectivity index (χ3n) is 5.99. The molecule has 3 aromatic rings. The van der Waals surface area contributed by atoms with Crippen LogP contribution in [0.5, 0.6) is 5.75 Å². The second-order valence-corrected chi connectivity index (χ2v) is 8.59. The summed E-state index contributed by atoms with van der Waals surface area (Å²) in [5.74, 6) is 0.743. The summed E-state index contributed by atoms with van der Waals surface area (Å²) in [7, 11) is 0. The summed E-state index contributed by atoms with van der Waals surface area (Å²) in [6, 6.07) is 15.1. The molecule has 6 nitrogen and oxygen atoms in total. The minimum absolute atomic E-state index is 0.00527. The molecule has 180 valence electrons. The van der Waals surface area contributed by atoms with Crippen LogP contribution in [0.4, 0.5) is 19.1 Å². The molecule has 3 N–H and O–H groups in total. The molecule has 0 amide bonds. The Morgan fingerprint density at radius 3 is 2.68 bits per heavy atom. The van der Waals surface area contributed by atoms with Crippen molar-refractivity contribution in [3.05, 3.63) is 71.9 Å². The molecule has 2 heterocycles. The Hall–Kier alpha value is -3.17. The molecule has 0 saturated carbocycles. The van der Waals surface area contributed by atoms with Gasteiger partial charge in [0.05, 0.1) is 5.69 Å². The van der Waals surface area contributed by atoms with E-state index in [0.717, 1.165) is 28.8 Å². The second-order valence-electron chi connectivity index (χ2n) is 8.59. The Morgan fingerprint density at radius 1 is 1.12 bits per heavy atom. The third-order valence-corrected chi connectivity index (χ3v) is 5.99. The summed E-state index contributed by atoms with van der Waals surface area (Å²) in [4.78, 5) is 10.7. The molecule has 0 radical (unpaired) electrons. The number of aromatic hydroxyl groups is 1. The first-order chi connectivity index (χ1) is 16.3. The van der Waals surface area contributed by atoms with Crippen molar-refractivity contribution in [1.82, 2.24) is 20.2 Å². The fraction of sp³-hybridized carbons (Fsp3) is 0.360. The summed E-state index contributed by atoms with van der Waals surface area (Å²) in [5, 5.41) is 15.2. The van der Waals surface area contributed by atoms with Gasteiger partial charge in [0.1, 0.15) is 11.8 Å². The lowest BCUT2D eigenvalue weighted by atomic mass is 10.0. The van der Waals surface area contributed by atoms with Crippen LogP contribution in [0.25, 0.3) is 11.3 Å². The number of alkyl halides is 3. The highest BCUT2D eigenvalue weighted by molar-refractivity contribution is 5.61. The standard InChI is InChI=1S/C25H28F3N5O/c1-17-14-31-23(25(26,27)28)16-33(17)15-19-3-2-4-20(13-19)22-10-12-30-24(32-22)29-11-9-18-5-7-21(34)8-6-18/h2-8,10,12-13,17,23,31,34H,9,11,14-16H2,1H3,(H,29,30,32)/t17-,23+/m0/s1. The smallest absolute Gasteiger partial charge is 0.405 e. The van der Waals surface area contributed by atoms with E-state index in [1.807, 2.05) is 54.3 Å². The van der Waals surface area contributed by atoms with Gasteiger partial charge in [-0.05, 0) is 48.7 Å². The molecular formula is C25H28F3N5O. The highest BCUT2D eigenvalue weighted by atomic mass is 19.4. The van der Waals surface area contributed by atoms with Crippen molar-refractivity contribution in [2.45, 2.75) is 38.1 Å². The molecule has 0 aliphatic carbocycles. The number of hydrogen-bond donors (Lipinski definition) is 3. The van der Waals surface area contributed by atoms with Crippen LogP contribution < -0.4 is 10.6 Å². The molecule has 1 aromatic heterocycles. The predicted molar refractivity (Wildman–Crippen MR) is 125 cm³/mol. The monoisotopic (exact) mass is 471 g/mol. The number of nitrogens with one attached hydrogen (secondary N) is 2. The van der Waals surface area contributed by atoms with E-state index in [-0.39, 0.29) is 18.3 Å². The van der Waals surface area contributed by atoms with E-state index >= 15 is 0 Å². The SMILES string of the molecule is C[C@H]1CN[C@@H](C(F)(F)F)CN1Cc1cccc(-c2ccnc(NCCc3ccc(O)cc3)n2)c1. The summed E-state index contributed by atoms with van der Waals surface area (Å²) in [6.07, 6.45) is -1.82. The van der Waals surface area contributed by atoms with E-state index in [1.165, 1.54) is 0 Å². The summed E-state index contributed by atoms with van der Waals surface area (Å²) in [5.41, 5.74) is 3.65. The topological polar surface area (TPSA) is 73.3 Å². The summed E-state index contributed by atoms with van der Waals surface area (Å²) in [6.45, 7) is 3.23. The third kappa shape index (κ3) is 6.24. The predicted octanol–water partition coefficient (Wildman–Crippen LogP) is 4.23. The fourth-order valence-electron chi connectivity index (χ4n) is 4.01. The molecule has 2 aromatic carbocycles. The Kier molecular flexibility index (Phi) is 7.33. The minimum Gasteiger partial charge on any atom is -0.508 e. The van der Waals surface area contributed by atoms with Crippen molar-refractivity contribution in [2.75, 3.05) is 25.0 Å². The van der Waals surface area contributed by atoms with E-state index in [2.05, 4.69) is 20.6 Å². The van der Waals surface area contributed by atoms with Crippen LogP contribution in [-0.2, 0) is 13.0 Å². The van der Waals surface area contributed by atoms with Gasteiger partial charge in [-0.2, -0.15) is 13.2 Å². The van der Waals surface area contributed by atoms with Gasteiger partial charge < -0.3 is 15.7 Å². The Balaban J connectivity index is 1.40. The van der Waals surface area contributed by atoms with Crippen molar-refractivity contribution < 1.29 is 18.3 Å². The molecule has 0 unspecified atom stereocenters. The molecule has 1 aliphatic heterocycles. The average Bonchev–Trinajstić information content (AvgIpc) is 2.81. The number of hydrogen-bond acceptors (Lipinski definition) is 6. The Bertz CT molecular complexity index is 1090. The Labute approximate surface area is 196 Å². The van der Waals surface area contributed by atoms with Crippen LogP contribution >= 0.6 is 0 Å². The lowest BCUT2D eigenvalue weighted by molar-refractivity contribution is -0.168. The van der Waals surface area contributed by atoms with Crippen LogP contribution in [0.15, 0.2) is 60.8 Å². The lowest BCUT2D eigenvalue weighted by Gasteiger charge is -2.39. The van der Waals surface area contributed by atoms with E-state index in [1.54, 1.807) is 18.3 Å². The zero-order chi connectivity index (χ0) is 24.1. The maximum absolute atomic E-state index is 13.2. The molecule has 34 heavy (non-hydrogen) atoms.